The summed E-state index contributed by atoms with van der Waals surface area (Å²) in [5.74, 6) is 0.355. The van der Waals surface area contributed by atoms with Crippen molar-refractivity contribution in [1.29, 1.82) is 0 Å². The minimum Gasteiger partial charge on any atom is -0.371 e. The van der Waals surface area contributed by atoms with Crippen LogP contribution in [0.3, 0.4) is 0 Å². The Morgan fingerprint density at radius 3 is 2.88 bits per heavy atom. The van der Waals surface area contributed by atoms with Gasteiger partial charge in [-0.15, -0.1) is 0 Å². The second kappa shape index (κ2) is 5.05. The monoisotopic (exact) mass is 236 g/mol. The van der Waals surface area contributed by atoms with E-state index in [1.807, 2.05) is 6.07 Å². The normalized spacial score (nSPS) is 16.4. The molecule has 0 saturated heterocycles. The molecule has 1 aromatic rings. The molecule has 0 bridgehead atoms. The lowest BCUT2D eigenvalue weighted by Gasteiger charge is -2.23. The van der Waals surface area contributed by atoms with Crippen LogP contribution >= 0.6 is 0 Å². The van der Waals surface area contributed by atoms with E-state index in [9.17, 15) is 4.39 Å². The highest BCUT2D eigenvalue weighted by Crippen LogP contribution is 2.28. The summed E-state index contributed by atoms with van der Waals surface area (Å²) in [7, 11) is 0. The van der Waals surface area contributed by atoms with Gasteiger partial charge in [-0.25, -0.2) is 4.39 Å². The summed E-state index contributed by atoms with van der Waals surface area (Å²) >= 11 is 0. The summed E-state index contributed by atoms with van der Waals surface area (Å²) in [5.41, 5.74) is 8.35. The van der Waals surface area contributed by atoms with Crippen molar-refractivity contribution in [1.82, 2.24) is 0 Å². The fourth-order valence-corrected chi connectivity index (χ4v) is 2.29. The van der Waals surface area contributed by atoms with Crippen molar-refractivity contribution in [3.63, 3.8) is 0 Å². The van der Waals surface area contributed by atoms with Crippen molar-refractivity contribution in [2.45, 2.75) is 32.7 Å². The molecule has 0 radical (unpaired) electrons. The van der Waals surface area contributed by atoms with Gasteiger partial charge >= 0.3 is 0 Å². The topological polar surface area (TPSA) is 29.3 Å². The van der Waals surface area contributed by atoms with E-state index in [2.05, 4.69) is 18.7 Å². The SMILES string of the molecule is CC(C)C(N)CCN1CCc2ccc(F)cc21. The van der Waals surface area contributed by atoms with Crippen molar-refractivity contribution >= 4 is 5.69 Å². The fraction of sp³-hybridized carbons (Fsp3) is 0.571. The molecule has 0 aromatic heterocycles. The standard InChI is InChI=1S/C14H21FN2/c1-10(2)13(16)6-8-17-7-5-11-3-4-12(15)9-14(11)17/h3-4,9-10,13H,5-8,16H2,1-2H3. The molecule has 0 aliphatic carbocycles. The lowest BCUT2D eigenvalue weighted by Crippen LogP contribution is -2.32. The van der Waals surface area contributed by atoms with Crippen LogP contribution in [0.4, 0.5) is 10.1 Å². The van der Waals surface area contributed by atoms with Crippen molar-refractivity contribution < 1.29 is 4.39 Å². The van der Waals surface area contributed by atoms with Gasteiger partial charge in [0.25, 0.3) is 0 Å². The number of nitrogens with two attached hydrogens (primary N) is 1. The molecule has 0 amide bonds. The molecular weight excluding hydrogens is 215 g/mol. The summed E-state index contributed by atoms with van der Waals surface area (Å²) in [6, 6.07) is 5.31. The average molecular weight is 236 g/mol. The third-order valence-corrected chi connectivity index (χ3v) is 3.63. The van der Waals surface area contributed by atoms with Gasteiger partial charge < -0.3 is 10.6 Å². The Hall–Kier alpha value is -1.09. The zero-order chi connectivity index (χ0) is 12.4. The zero-order valence-corrected chi connectivity index (χ0v) is 10.6. The first-order chi connectivity index (χ1) is 8.08. The van der Waals surface area contributed by atoms with Crippen LogP contribution in [0.2, 0.25) is 0 Å². The molecule has 17 heavy (non-hydrogen) atoms. The summed E-state index contributed by atoms with van der Waals surface area (Å²) in [4.78, 5) is 2.25. The molecule has 3 heteroatoms. The number of nitrogens with zero attached hydrogens (tertiary/aromatic N) is 1. The van der Waals surface area contributed by atoms with E-state index in [0.717, 1.165) is 31.6 Å². The second-order valence-corrected chi connectivity index (χ2v) is 5.21. The lowest BCUT2D eigenvalue weighted by atomic mass is 10.0. The lowest BCUT2D eigenvalue weighted by molar-refractivity contribution is 0.464. The minimum atomic E-state index is -0.149. The number of benzene rings is 1. The summed E-state index contributed by atoms with van der Waals surface area (Å²) in [6.07, 6.45) is 1.99. The second-order valence-electron chi connectivity index (χ2n) is 5.21. The smallest absolute Gasteiger partial charge is 0.125 e. The fourth-order valence-electron chi connectivity index (χ4n) is 2.29. The predicted octanol–water partition coefficient (Wildman–Crippen LogP) is 2.56. The largest absolute Gasteiger partial charge is 0.371 e. The molecule has 2 nitrogen and oxygen atoms in total. The van der Waals surface area contributed by atoms with E-state index in [0.29, 0.717) is 5.92 Å². The van der Waals surface area contributed by atoms with Crippen LogP contribution in [-0.2, 0) is 6.42 Å². The number of anilines is 1. The molecular formula is C14H21FN2. The van der Waals surface area contributed by atoms with E-state index in [4.69, 9.17) is 5.73 Å². The van der Waals surface area contributed by atoms with Gasteiger partial charge in [0.1, 0.15) is 5.82 Å². The van der Waals surface area contributed by atoms with Gasteiger partial charge in [0.2, 0.25) is 0 Å². The van der Waals surface area contributed by atoms with Crippen molar-refractivity contribution in [3.8, 4) is 0 Å². The van der Waals surface area contributed by atoms with Crippen LogP contribution in [0.25, 0.3) is 0 Å². The summed E-state index contributed by atoms with van der Waals surface area (Å²) in [5, 5.41) is 0. The predicted molar refractivity (Wildman–Crippen MR) is 69.7 cm³/mol. The molecule has 0 fully saturated rings. The molecule has 1 aromatic carbocycles. The highest BCUT2D eigenvalue weighted by Gasteiger charge is 2.20. The van der Waals surface area contributed by atoms with Gasteiger partial charge in [-0.05, 0) is 36.5 Å². The molecule has 2 N–H and O–H groups in total. The zero-order valence-electron chi connectivity index (χ0n) is 10.6. The number of hydrogen-bond donors (Lipinski definition) is 1. The van der Waals surface area contributed by atoms with E-state index in [1.54, 1.807) is 12.1 Å². The van der Waals surface area contributed by atoms with Crippen LogP contribution in [0.15, 0.2) is 18.2 Å². The van der Waals surface area contributed by atoms with Crippen LogP contribution in [0.5, 0.6) is 0 Å². The Balaban J connectivity index is 2.00. The quantitative estimate of drug-likeness (QED) is 0.870. The van der Waals surface area contributed by atoms with Gasteiger partial charge in [-0.1, -0.05) is 19.9 Å². The van der Waals surface area contributed by atoms with E-state index < -0.39 is 0 Å². The third-order valence-electron chi connectivity index (χ3n) is 3.63. The maximum absolute atomic E-state index is 13.2. The number of rotatable bonds is 4. The molecule has 1 heterocycles. The highest BCUT2D eigenvalue weighted by atomic mass is 19.1. The molecule has 94 valence electrons. The van der Waals surface area contributed by atoms with Crippen LogP contribution in [0.1, 0.15) is 25.8 Å². The summed E-state index contributed by atoms with van der Waals surface area (Å²) < 4.78 is 13.2. The maximum Gasteiger partial charge on any atom is 0.125 e. The van der Waals surface area contributed by atoms with Gasteiger partial charge in [0.05, 0.1) is 0 Å². The number of halogens is 1. The first kappa shape index (κ1) is 12.4. The maximum atomic E-state index is 13.2. The van der Waals surface area contributed by atoms with E-state index in [1.165, 1.54) is 5.56 Å². The van der Waals surface area contributed by atoms with Crippen molar-refractivity contribution in [2.24, 2.45) is 11.7 Å². The molecule has 0 saturated carbocycles. The Kier molecular flexibility index (Phi) is 3.67. The first-order valence-electron chi connectivity index (χ1n) is 6.37. The highest BCUT2D eigenvalue weighted by molar-refractivity contribution is 5.58. The van der Waals surface area contributed by atoms with Crippen LogP contribution in [-0.4, -0.2) is 19.1 Å². The molecule has 1 aliphatic rings. The van der Waals surface area contributed by atoms with Gasteiger partial charge in [0.15, 0.2) is 0 Å². The van der Waals surface area contributed by atoms with Crippen LogP contribution < -0.4 is 10.6 Å². The number of fused-ring (bicyclic) bond motifs is 1. The third kappa shape index (κ3) is 2.78. The Morgan fingerprint density at radius 1 is 1.41 bits per heavy atom. The Labute approximate surface area is 103 Å². The van der Waals surface area contributed by atoms with Gasteiger partial charge in [-0.3, -0.25) is 0 Å². The van der Waals surface area contributed by atoms with Crippen molar-refractivity contribution in [2.75, 3.05) is 18.0 Å². The Morgan fingerprint density at radius 2 is 2.18 bits per heavy atom. The molecule has 0 spiro atoms. The van der Waals surface area contributed by atoms with Crippen LogP contribution in [0, 0.1) is 11.7 Å². The van der Waals surface area contributed by atoms with E-state index >= 15 is 0 Å². The van der Waals surface area contributed by atoms with Crippen molar-refractivity contribution in [3.05, 3.63) is 29.6 Å². The first-order valence-corrected chi connectivity index (χ1v) is 6.37. The Bertz CT molecular complexity index is 390. The molecule has 2 rings (SSSR count). The minimum absolute atomic E-state index is 0.149. The molecule has 1 unspecified atom stereocenters. The van der Waals surface area contributed by atoms with E-state index in [-0.39, 0.29) is 11.9 Å². The number of hydrogen-bond acceptors (Lipinski definition) is 2. The van der Waals surface area contributed by atoms with Gasteiger partial charge in [-0.2, -0.15) is 0 Å². The molecule has 1 atom stereocenters. The molecule has 1 aliphatic heterocycles. The summed E-state index contributed by atoms with van der Waals surface area (Å²) in [6.45, 7) is 6.20. The average Bonchev–Trinajstić information content (AvgIpc) is 2.68. The van der Waals surface area contributed by atoms with Gasteiger partial charge in [0, 0.05) is 24.8 Å².